The second-order valence-corrected chi connectivity index (χ2v) is 7.34. The van der Waals surface area contributed by atoms with Crippen LogP contribution in [0.1, 0.15) is 44.1 Å². The van der Waals surface area contributed by atoms with Crippen molar-refractivity contribution in [3.8, 4) is 0 Å². The number of nitrogens with zero attached hydrogens (tertiary/aromatic N) is 2. The summed E-state index contributed by atoms with van der Waals surface area (Å²) in [5, 5.41) is 2.70. The lowest BCUT2D eigenvalue weighted by Gasteiger charge is -2.23. The van der Waals surface area contributed by atoms with E-state index in [4.69, 9.17) is 0 Å². The van der Waals surface area contributed by atoms with Crippen LogP contribution in [0.4, 0.5) is 0 Å². The molecule has 1 saturated heterocycles. The summed E-state index contributed by atoms with van der Waals surface area (Å²) in [6.45, 7) is 4.02. The summed E-state index contributed by atoms with van der Waals surface area (Å²) in [7, 11) is -3.21. The summed E-state index contributed by atoms with van der Waals surface area (Å²) in [6, 6.07) is 5.35. The molecule has 0 spiro atoms. The van der Waals surface area contributed by atoms with E-state index in [9.17, 15) is 13.2 Å². The largest absolute Gasteiger partial charge is 0.351 e. The van der Waals surface area contributed by atoms with E-state index in [0.717, 1.165) is 24.2 Å². The summed E-state index contributed by atoms with van der Waals surface area (Å²) >= 11 is 0. The highest BCUT2D eigenvalue weighted by atomic mass is 32.2. The van der Waals surface area contributed by atoms with Gasteiger partial charge in [0.05, 0.1) is 29.7 Å². The predicted octanol–water partition coefficient (Wildman–Crippen LogP) is 1.20. The fourth-order valence-electron chi connectivity index (χ4n) is 2.53. The monoisotopic (exact) mass is 311 g/mol. The Labute approximate surface area is 125 Å². The quantitative estimate of drug-likeness (QED) is 0.886. The summed E-state index contributed by atoms with van der Waals surface area (Å²) in [5.41, 5.74) is 1.50. The number of amides is 1. The van der Waals surface area contributed by atoms with E-state index in [0.29, 0.717) is 13.1 Å². The number of nitrogens with one attached hydrogen (secondary N) is 1. The van der Waals surface area contributed by atoms with Gasteiger partial charge in [-0.15, -0.1) is 0 Å². The van der Waals surface area contributed by atoms with Crippen molar-refractivity contribution in [3.63, 3.8) is 0 Å². The molecule has 0 aromatic carbocycles. The van der Waals surface area contributed by atoms with Crippen molar-refractivity contribution in [1.82, 2.24) is 14.6 Å². The molecule has 2 rings (SSSR count). The third kappa shape index (κ3) is 3.79. The van der Waals surface area contributed by atoms with E-state index in [2.05, 4.69) is 10.3 Å². The number of sulfonamides is 1. The van der Waals surface area contributed by atoms with Gasteiger partial charge in [0.1, 0.15) is 0 Å². The van der Waals surface area contributed by atoms with Gasteiger partial charge in [-0.05, 0) is 31.9 Å². The first-order valence-electron chi connectivity index (χ1n) is 7.14. The molecule has 1 fully saturated rings. The first-order valence-corrected chi connectivity index (χ1v) is 8.74. The lowest BCUT2D eigenvalue weighted by molar-refractivity contribution is -0.119. The minimum absolute atomic E-state index is 0.106. The van der Waals surface area contributed by atoms with Gasteiger partial charge in [0, 0.05) is 13.5 Å². The second kappa shape index (κ2) is 6.53. The van der Waals surface area contributed by atoms with Crippen molar-refractivity contribution < 1.29 is 13.2 Å². The van der Waals surface area contributed by atoms with E-state index >= 15 is 0 Å². The number of carbonyl (C=O) groups excluding carboxylic acids is 1. The molecule has 0 radical (unpaired) electrons. The molecule has 0 unspecified atom stereocenters. The zero-order valence-corrected chi connectivity index (χ0v) is 13.2. The van der Waals surface area contributed by atoms with Gasteiger partial charge in [0.2, 0.25) is 15.9 Å². The van der Waals surface area contributed by atoms with E-state index in [-0.39, 0.29) is 17.7 Å². The van der Waals surface area contributed by atoms with Crippen LogP contribution in [0.3, 0.4) is 0 Å². The van der Waals surface area contributed by atoms with Crippen molar-refractivity contribution in [2.45, 2.75) is 39.3 Å². The number of rotatable bonds is 5. The maximum atomic E-state index is 12.1. The van der Waals surface area contributed by atoms with E-state index in [1.54, 1.807) is 11.2 Å². The molecule has 1 aromatic heterocycles. The van der Waals surface area contributed by atoms with Crippen LogP contribution in [-0.4, -0.2) is 35.9 Å². The van der Waals surface area contributed by atoms with Crippen LogP contribution in [-0.2, 0) is 21.4 Å². The number of aromatic nitrogens is 1. The first kappa shape index (κ1) is 15.9. The average molecular weight is 311 g/mol. The predicted molar refractivity (Wildman–Crippen MR) is 79.9 cm³/mol. The molecule has 1 amide bonds. The van der Waals surface area contributed by atoms with Crippen LogP contribution in [0.2, 0.25) is 0 Å². The van der Waals surface area contributed by atoms with Crippen LogP contribution in [0.5, 0.6) is 0 Å². The summed E-state index contributed by atoms with van der Waals surface area (Å²) in [4.78, 5) is 15.5. The highest BCUT2D eigenvalue weighted by Crippen LogP contribution is 2.33. The van der Waals surface area contributed by atoms with Gasteiger partial charge in [0.25, 0.3) is 0 Å². The lowest BCUT2D eigenvalue weighted by atomic mass is 10.1. The van der Waals surface area contributed by atoms with Gasteiger partial charge in [-0.2, -0.15) is 4.31 Å². The Morgan fingerprint density at radius 1 is 1.48 bits per heavy atom. The first-order chi connectivity index (χ1) is 9.94. The minimum atomic E-state index is -3.21. The van der Waals surface area contributed by atoms with Crippen LogP contribution in [0, 0.1) is 0 Å². The summed E-state index contributed by atoms with van der Waals surface area (Å²) in [6.07, 6.45) is 1.64. The van der Waals surface area contributed by atoms with Gasteiger partial charge in [-0.25, -0.2) is 8.42 Å². The molecule has 2 heterocycles. The molecule has 0 saturated carbocycles. The zero-order valence-electron chi connectivity index (χ0n) is 12.4. The number of carbonyl (C=O) groups is 1. The second-order valence-electron chi connectivity index (χ2n) is 5.13. The Kier molecular flexibility index (Phi) is 4.95. The van der Waals surface area contributed by atoms with Gasteiger partial charge in [0.15, 0.2) is 0 Å². The third-order valence-corrected chi connectivity index (χ3v) is 5.50. The standard InChI is InChI=1S/C14H21N3O3S/c1-3-21(19,20)17-9-5-8-14(17)13-7-4-6-12(16-13)10-15-11(2)18/h4,6-7,14H,3,5,8-10H2,1-2H3,(H,15,18)/t14-/m1/s1. The summed E-state index contributed by atoms with van der Waals surface area (Å²) in [5.74, 6) is -0.00649. The van der Waals surface area contributed by atoms with Gasteiger partial charge in [-0.3, -0.25) is 9.78 Å². The van der Waals surface area contributed by atoms with E-state index < -0.39 is 10.0 Å². The van der Waals surface area contributed by atoms with Crippen molar-refractivity contribution in [2.75, 3.05) is 12.3 Å². The lowest BCUT2D eigenvalue weighted by Crippen LogP contribution is -2.32. The fraction of sp³-hybridized carbons (Fsp3) is 0.571. The zero-order chi connectivity index (χ0) is 15.5. The molecule has 1 aliphatic rings. The Balaban J connectivity index is 2.21. The minimum Gasteiger partial charge on any atom is -0.351 e. The number of hydrogen-bond donors (Lipinski definition) is 1. The smallest absolute Gasteiger partial charge is 0.217 e. The SMILES string of the molecule is CCS(=O)(=O)N1CCC[C@@H]1c1cccc(CNC(C)=O)n1. The van der Waals surface area contributed by atoms with Crippen molar-refractivity contribution in [1.29, 1.82) is 0 Å². The molecule has 0 aliphatic carbocycles. The Bertz CT molecular complexity index is 616. The number of pyridine rings is 1. The fourth-order valence-corrected chi connectivity index (χ4v) is 3.87. The van der Waals surface area contributed by atoms with Crippen molar-refractivity contribution in [2.24, 2.45) is 0 Å². The van der Waals surface area contributed by atoms with Crippen molar-refractivity contribution in [3.05, 3.63) is 29.6 Å². The van der Waals surface area contributed by atoms with E-state index in [1.807, 2.05) is 18.2 Å². The normalized spacial score (nSPS) is 19.6. The highest BCUT2D eigenvalue weighted by molar-refractivity contribution is 7.89. The van der Waals surface area contributed by atoms with Crippen molar-refractivity contribution >= 4 is 15.9 Å². The molecule has 6 nitrogen and oxygen atoms in total. The van der Waals surface area contributed by atoms with Crippen LogP contribution < -0.4 is 5.32 Å². The van der Waals surface area contributed by atoms with Gasteiger partial charge in [-0.1, -0.05) is 6.07 Å². The summed E-state index contributed by atoms with van der Waals surface area (Å²) < 4.78 is 25.8. The maximum absolute atomic E-state index is 12.1. The van der Waals surface area contributed by atoms with Crippen LogP contribution in [0.15, 0.2) is 18.2 Å². The Morgan fingerprint density at radius 3 is 2.90 bits per heavy atom. The molecule has 0 bridgehead atoms. The molecule has 1 N–H and O–H groups in total. The molecule has 1 aromatic rings. The van der Waals surface area contributed by atoms with Crippen LogP contribution >= 0.6 is 0 Å². The molecule has 1 atom stereocenters. The number of hydrogen-bond acceptors (Lipinski definition) is 4. The molecular formula is C14H21N3O3S. The Hall–Kier alpha value is -1.47. The average Bonchev–Trinajstić information content (AvgIpc) is 2.95. The Morgan fingerprint density at radius 2 is 2.24 bits per heavy atom. The van der Waals surface area contributed by atoms with E-state index in [1.165, 1.54) is 6.92 Å². The maximum Gasteiger partial charge on any atom is 0.217 e. The van der Waals surface area contributed by atoms with Gasteiger partial charge < -0.3 is 5.32 Å². The molecule has 116 valence electrons. The molecular weight excluding hydrogens is 290 g/mol. The van der Waals surface area contributed by atoms with Crippen LogP contribution in [0.25, 0.3) is 0 Å². The highest BCUT2D eigenvalue weighted by Gasteiger charge is 2.34. The third-order valence-electron chi connectivity index (χ3n) is 3.61. The van der Waals surface area contributed by atoms with Gasteiger partial charge >= 0.3 is 0 Å². The molecule has 7 heteroatoms. The molecule has 21 heavy (non-hydrogen) atoms. The molecule has 1 aliphatic heterocycles. The topological polar surface area (TPSA) is 79.4 Å².